The van der Waals surface area contributed by atoms with E-state index in [0.29, 0.717) is 0 Å². The zero-order valence-electron chi connectivity index (χ0n) is 6.00. The molecule has 1 heterocycles. The van der Waals surface area contributed by atoms with Crippen LogP contribution in [0.25, 0.3) is 0 Å². The van der Waals surface area contributed by atoms with E-state index in [4.69, 9.17) is 11.6 Å². The van der Waals surface area contributed by atoms with Crippen molar-refractivity contribution < 1.29 is 0 Å². The Bertz CT molecular complexity index is 223. The summed E-state index contributed by atoms with van der Waals surface area (Å²) in [5.41, 5.74) is 1.77. The number of aromatic nitrogens is 2. The average Bonchev–Trinajstić information content (AvgIpc) is 1.88. The number of alkyl halides is 1. The van der Waals surface area contributed by atoms with Gasteiger partial charge in [0, 0.05) is 12.4 Å². The highest BCUT2D eigenvalue weighted by molar-refractivity contribution is 6.20. The van der Waals surface area contributed by atoms with Gasteiger partial charge in [-0.3, -0.25) is 9.97 Å². The van der Waals surface area contributed by atoms with E-state index in [2.05, 4.69) is 9.97 Å². The van der Waals surface area contributed by atoms with Crippen LogP contribution in [-0.2, 0) is 0 Å². The molecule has 0 spiro atoms. The van der Waals surface area contributed by atoms with Crippen LogP contribution >= 0.6 is 11.6 Å². The van der Waals surface area contributed by atoms with Crippen molar-refractivity contribution in [2.75, 3.05) is 0 Å². The molecule has 0 aliphatic heterocycles. The number of halogens is 1. The summed E-state index contributed by atoms with van der Waals surface area (Å²) in [5, 5.41) is -0.0475. The summed E-state index contributed by atoms with van der Waals surface area (Å²) in [5.74, 6) is 0. The summed E-state index contributed by atoms with van der Waals surface area (Å²) >= 11 is 5.81. The van der Waals surface area contributed by atoms with Gasteiger partial charge in [0.2, 0.25) is 0 Å². The van der Waals surface area contributed by atoms with Crippen molar-refractivity contribution in [1.29, 1.82) is 0 Å². The Hall–Kier alpha value is -0.630. The Balaban J connectivity index is 3.03. The van der Waals surface area contributed by atoms with Crippen LogP contribution in [0.4, 0.5) is 0 Å². The van der Waals surface area contributed by atoms with E-state index in [1.165, 1.54) is 0 Å². The number of hydrogen-bond donors (Lipinski definition) is 0. The first-order valence-electron chi connectivity index (χ1n) is 3.13. The van der Waals surface area contributed by atoms with Crippen LogP contribution in [0.5, 0.6) is 0 Å². The molecule has 0 amide bonds. The van der Waals surface area contributed by atoms with Crippen LogP contribution < -0.4 is 0 Å². The normalized spacial score (nSPS) is 13.1. The molecule has 0 aliphatic rings. The summed E-state index contributed by atoms with van der Waals surface area (Å²) in [7, 11) is 0. The van der Waals surface area contributed by atoms with Crippen LogP contribution in [0.1, 0.15) is 23.7 Å². The third-order valence-corrected chi connectivity index (χ3v) is 1.50. The molecule has 0 aromatic carbocycles. The van der Waals surface area contributed by atoms with Crippen LogP contribution in [0.3, 0.4) is 0 Å². The quantitative estimate of drug-likeness (QED) is 0.582. The van der Waals surface area contributed by atoms with Crippen molar-refractivity contribution in [2.45, 2.75) is 19.2 Å². The molecule has 10 heavy (non-hydrogen) atoms. The number of hydrogen-bond acceptors (Lipinski definition) is 2. The Morgan fingerprint density at radius 2 is 2.00 bits per heavy atom. The first-order valence-corrected chi connectivity index (χ1v) is 3.57. The van der Waals surface area contributed by atoms with E-state index in [1.807, 2.05) is 13.8 Å². The second-order valence-electron chi connectivity index (χ2n) is 2.14. The minimum absolute atomic E-state index is 0.0475. The maximum Gasteiger partial charge on any atom is 0.0791 e. The maximum absolute atomic E-state index is 5.81. The summed E-state index contributed by atoms with van der Waals surface area (Å²) in [6, 6.07) is 0. The molecule has 1 atom stereocenters. The average molecular weight is 157 g/mol. The molecule has 0 saturated carbocycles. The molecule has 0 fully saturated rings. The van der Waals surface area contributed by atoms with Gasteiger partial charge in [-0.2, -0.15) is 0 Å². The Morgan fingerprint density at radius 3 is 2.40 bits per heavy atom. The fourth-order valence-corrected chi connectivity index (χ4v) is 1.02. The van der Waals surface area contributed by atoms with Crippen molar-refractivity contribution in [3.05, 3.63) is 23.8 Å². The highest BCUT2D eigenvalue weighted by atomic mass is 35.5. The molecule has 0 radical (unpaired) electrons. The molecule has 0 aliphatic carbocycles. The lowest BCUT2D eigenvalue weighted by Gasteiger charge is -2.02. The maximum atomic E-state index is 5.81. The van der Waals surface area contributed by atoms with Gasteiger partial charge in [0.15, 0.2) is 0 Å². The molecule has 0 saturated heterocycles. The van der Waals surface area contributed by atoms with Crippen molar-refractivity contribution >= 4 is 11.6 Å². The standard InChI is InChI=1S/C7H9ClN2/c1-5(8)7-6(2)9-3-4-10-7/h3-5H,1-2H3. The van der Waals surface area contributed by atoms with E-state index >= 15 is 0 Å². The van der Waals surface area contributed by atoms with E-state index in [1.54, 1.807) is 12.4 Å². The third-order valence-electron chi connectivity index (χ3n) is 1.30. The van der Waals surface area contributed by atoms with Crippen LogP contribution in [-0.4, -0.2) is 9.97 Å². The smallest absolute Gasteiger partial charge is 0.0791 e. The van der Waals surface area contributed by atoms with Crippen LogP contribution in [0, 0.1) is 6.92 Å². The van der Waals surface area contributed by atoms with Crippen molar-refractivity contribution in [2.24, 2.45) is 0 Å². The van der Waals surface area contributed by atoms with Gasteiger partial charge >= 0.3 is 0 Å². The molecule has 54 valence electrons. The number of nitrogens with zero attached hydrogens (tertiary/aromatic N) is 2. The fraction of sp³-hybridized carbons (Fsp3) is 0.429. The summed E-state index contributed by atoms with van der Waals surface area (Å²) < 4.78 is 0. The van der Waals surface area contributed by atoms with Gasteiger partial charge in [-0.05, 0) is 13.8 Å². The summed E-state index contributed by atoms with van der Waals surface area (Å²) in [4.78, 5) is 8.14. The first kappa shape index (κ1) is 7.48. The SMILES string of the molecule is Cc1nccnc1C(C)Cl. The minimum Gasteiger partial charge on any atom is -0.258 e. The van der Waals surface area contributed by atoms with Gasteiger partial charge in [0.1, 0.15) is 0 Å². The minimum atomic E-state index is -0.0475. The molecule has 1 aromatic heterocycles. The van der Waals surface area contributed by atoms with Gasteiger partial charge in [-0.1, -0.05) is 0 Å². The van der Waals surface area contributed by atoms with Crippen molar-refractivity contribution in [3.8, 4) is 0 Å². The lowest BCUT2D eigenvalue weighted by Crippen LogP contribution is -1.95. The molecular weight excluding hydrogens is 148 g/mol. The predicted octanol–water partition coefficient (Wildman–Crippen LogP) is 2.08. The Kier molecular flexibility index (Phi) is 2.22. The van der Waals surface area contributed by atoms with Crippen molar-refractivity contribution in [1.82, 2.24) is 9.97 Å². The zero-order valence-corrected chi connectivity index (χ0v) is 6.76. The van der Waals surface area contributed by atoms with Gasteiger partial charge in [0.05, 0.1) is 16.8 Å². The van der Waals surface area contributed by atoms with E-state index in [0.717, 1.165) is 11.4 Å². The molecule has 0 N–H and O–H groups in total. The fourth-order valence-electron chi connectivity index (χ4n) is 0.809. The summed E-state index contributed by atoms with van der Waals surface area (Å²) in [6.07, 6.45) is 3.32. The predicted molar refractivity (Wildman–Crippen MR) is 41.0 cm³/mol. The van der Waals surface area contributed by atoms with Crippen LogP contribution in [0.2, 0.25) is 0 Å². The van der Waals surface area contributed by atoms with Crippen molar-refractivity contribution in [3.63, 3.8) is 0 Å². The Morgan fingerprint density at radius 1 is 1.40 bits per heavy atom. The second-order valence-corrected chi connectivity index (χ2v) is 2.80. The highest BCUT2D eigenvalue weighted by Gasteiger charge is 2.05. The molecular formula is C7H9ClN2. The van der Waals surface area contributed by atoms with Crippen LogP contribution in [0.15, 0.2) is 12.4 Å². The lowest BCUT2D eigenvalue weighted by molar-refractivity contribution is 0.930. The topological polar surface area (TPSA) is 25.8 Å². The zero-order chi connectivity index (χ0) is 7.56. The number of rotatable bonds is 1. The molecule has 1 aromatic rings. The molecule has 1 unspecified atom stereocenters. The number of aryl methyl sites for hydroxylation is 1. The Labute approximate surface area is 65.3 Å². The lowest BCUT2D eigenvalue weighted by atomic mass is 10.2. The van der Waals surface area contributed by atoms with Gasteiger partial charge in [0.25, 0.3) is 0 Å². The molecule has 3 heteroatoms. The van der Waals surface area contributed by atoms with E-state index in [-0.39, 0.29) is 5.38 Å². The highest BCUT2D eigenvalue weighted by Crippen LogP contribution is 2.17. The van der Waals surface area contributed by atoms with Gasteiger partial charge in [-0.15, -0.1) is 11.6 Å². The largest absolute Gasteiger partial charge is 0.258 e. The third kappa shape index (κ3) is 1.45. The van der Waals surface area contributed by atoms with E-state index in [9.17, 15) is 0 Å². The van der Waals surface area contributed by atoms with Gasteiger partial charge in [-0.25, -0.2) is 0 Å². The molecule has 2 nitrogen and oxygen atoms in total. The monoisotopic (exact) mass is 156 g/mol. The summed E-state index contributed by atoms with van der Waals surface area (Å²) in [6.45, 7) is 3.79. The van der Waals surface area contributed by atoms with E-state index < -0.39 is 0 Å². The first-order chi connectivity index (χ1) is 4.72. The molecule has 1 rings (SSSR count). The van der Waals surface area contributed by atoms with Gasteiger partial charge < -0.3 is 0 Å². The second kappa shape index (κ2) is 2.97. The molecule has 0 bridgehead atoms.